The Balaban J connectivity index is 1.54. The van der Waals surface area contributed by atoms with Crippen LogP contribution in [0.1, 0.15) is 23.1 Å². The Morgan fingerprint density at radius 3 is 3.00 bits per heavy atom. The highest BCUT2D eigenvalue weighted by Crippen LogP contribution is 2.36. The smallest absolute Gasteiger partial charge is 0.275 e. The Bertz CT molecular complexity index is 947. The molecule has 0 spiro atoms. The Morgan fingerprint density at radius 2 is 2.16 bits per heavy atom. The normalized spacial score (nSPS) is 12.4. The van der Waals surface area contributed by atoms with Gasteiger partial charge >= 0.3 is 0 Å². The van der Waals surface area contributed by atoms with Gasteiger partial charge in [0.15, 0.2) is 16.6 Å². The quantitative estimate of drug-likeness (QED) is 0.776. The molecular weight excluding hydrogens is 340 g/mol. The van der Waals surface area contributed by atoms with Crippen molar-refractivity contribution in [1.82, 2.24) is 14.8 Å². The van der Waals surface area contributed by atoms with Crippen molar-refractivity contribution in [3.8, 4) is 22.8 Å². The van der Waals surface area contributed by atoms with Crippen molar-refractivity contribution in [2.24, 2.45) is 0 Å². The maximum absolute atomic E-state index is 12.5. The van der Waals surface area contributed by atoms with Gasteiger partial charge in [0.05, 0.1) is 11.4 Å². The molecule has 0 saturated carbocycles. The van der Waals surface area contributed by atoms with E-state index in [1.807, 2.05) is 37.4 Å². The van der Waals surface area contributed by atoms with Gasteiger partial charge in [-0.3, -0.25) is 14.8 Å². The maximum atomic E-state index is 12.5. The lowest BCUT2D eigenvalue weighted by Crippen LogP contribution is -2.17. The zero-order valence-corrected chi connectivity index (χ0v) is 14.6. The predicted molar refractivity (Wildman–Crippen MR) is 94.3 cm³/mol. The van der Waals surface area contributed by atoms with Crippen LogP contribution in [0.15, 0.2) is 29.6 Å². The van der Waals surface area contributed by atoms with Gasteiger partial charge in [0.1, 0.15) is 5.69 Å². The highest BCUT2D eigenvalue weighted by atomic mass is 32.1. The second-order valence-corrected chi connectivity index (χ2v) is 6.40. The van der Waals surface area contributed by atoms with Gasteiger partial charge in [-0.2, -0.15) is 5.10 Å². The fraction of sp³-hybridized carbons (Fsp3) is 0.235. The summed E-state index contributed by atoms with van der Waals surface area (Å²) in [5.74, 6) is 1.23. The molecule has 1 aliphatic heterocycles. The summed E-state index contributed by atoms with van der Waals surface area (Å²) < 4.78 is 12.4. The summed E-state index contributed by atoms with van der Waals surface area (Å²) in [4.78, 5) is 17.0. The minimum Gasteiger partial charge on any atom is -0.454 e. The Morgan fingerprint density at radius 1 is 1.32 bits per heavy atom. The summed E-state index contributed by atoms with van der Waals surface area (Å²) in [6, 6.07) is 7.44. The monoisotopic (exact) mass is 356 g/mol. The van der Waals surface area contributed by atoms with E-state index in [9.17, 15) is 4.79 Å². The van der Waals surface area contributed by atoms with E-state index in [0.29, 0.717) is 23.1 Å². The zero-order valence-electron chi connectivity index (χ0n) is 13.8. The van der Waals surface area contributed by atoms with Crippen molar-refractivity contribution < 1.29 is 14.3 Å². The molecule has 1 amide bonds. The van der Waals surface area contributed by atoms with Crippen LogP contribution < -0.4 is 14.8 Å². The molecule has 0 aliphatic carbocycles. The van der Waals surface area contributed by atoms with Gasteiger partial charge in [-0.1, -0.05) is 0 Å². The average Bonchev–Trinajstić information content (AvgIpc) is 3.32. The fourth-order valence-corrected chi connectivity index (χ4v) is 3.36. The number of anilines is 1. The third-order valence-corrected chi connectivity index (χ3v) is 4.59. The Kier molecular flexibility index (Phi) is 3.89. The maximum Gasteiger partial charge on any atom is 0.275 e. The van der Waals surface area contributed by atoms with Gasteiger partial charge in [0, 0.05) is 17.5 Å². The predicted octanol–water partition coefficient (Wildman–Crippen LogP) is 3.32. The molecule has 7 nitrogen and oxygen atoms in total. The van der Waals surface area contributed by atoms with E-state index in [4.69, 9.17) is 9.47 Å². The molecule has 0 radical (unpaired) electrons. The molecule has 128 valence electrons. The van der Waals surface area contributed by atoms with E-state index >= 15 is 0 Å². The van der Waals surface area contributed by atoms with Crippen molar-refractivity contribution in [3.05, 3.63) is 41.0 Å². The lowest BCUT2D eigenvalue weighted by atomic mass is 10.1. The fourth-order valence-electron chi connectivity index (χ4n) is 2.65. The van der Waals surface area contributed by atoms with E-state index in [0.717, 1.165) is 22.7 Å². The largest absolute Gasteiger partial charge is 0.454 e. The molecule has 1 aliphatic rings. The van der Waals surface area contributed by atoms with Crippen molar-refractivity contribution in [3.63, 3.8) is 0 Å². The number of amides is 1. The van der Waals surface area contributed by atoms with Crippen molar-refractivity contribution >= 4 is 22.4 Å². The lowest BCUT2D eigenvalue weighted by Gasteiger charge is -2.04. The highest BCUT2D eigenvalue weighted by Gasteiger charge is 2.17. The second kappa shape index (κ2) is 6.21. The number of fused-ring (bicyclic) bond motifs is 1. The second-order valence-electron chi connectivity index (χ2n) is 5.55. The number of ether oxygens (including phenoxy) is 2. The first-order valence-corrected chi connectivity index (χ1v) is 8.73. The molecule has 2 aromatic heterocycles. The van der Waals surface area contributed by atoms with Crippen LogP contribution in [-0.2, 0) is 6.54 Å². The van der Waals surface area contributed by atoms with Gasteiger partial charge in [-0.05, 0) is 38.1 Å². The number of aromatic nitrogens is 3. The SMILES string of the molecule is CCn1nc(C)cc1C(=O)Nc1nc(-c2ccc3c(c2)OCO3)cs1. The standard InChI is InChI=1S/C17H16N4O3S/c1-3-21-13(6-10(2)20-21)16(22)19-17-18-12(8-25-17)11-4-5-14-15(7-11)24-9-23-14/h4-8H,3,9H2,1-2H3,(H,18,19,22). The third-order valence-electron chi connectivity index (χ3n) is 3.83. The molecule has 3 aromatic rings. The topological polar surface area (TPSA) is 78.3 Å². The summed E-state index contributed by atoms with van der Waals surface area (Å²) in [5.41, 5.74) is 3.03. The van der Waals surface area contributed by atoms with Gasteiger partial charge in [0.25, 0.3) is 5.91 Å². The summed E-state index contributed by atoms with van der Waals surface area (Å²) in [5, 5.41) is 9.57. The molecule has 1 aromatic carbocycles. The number of nitrogens with zero attached hydrogens (tertiary/aromatic N) is 3. The van der Waals surface area contributed by atoms with Crippen LogP contribution in [0.3, 0.4) is 0 Å². The number of rotatable bonds is 4. The van der Waals surface area contributed by atoms with E-state index in [1.165, 1.54) is 11.3 Å². The molecule has 0 saturated heterocycles. The molecule has 8 heteroatoms. The van der Waals surface area contributed by atoms with Crippen LogP contribution in [0.4, 0.5) is 5.13 Å². The summed E-state index contributed by atoms with van der Waals surface area (Å²) in [6.07, 6.45) is 0. The Labute approximate surface area is 148 Å². The number of benzene rings is 1. The van der Waals surface area contributed by atoms with Gasteiger partial charge in [-0.25, -0.2) is 4.98 Å². The zero-order chi connectivity index (χ0) is 17.4. The number of carbonyl (C=O) groups is 1. The molecule has 0 atom stereocenters. The first kappa shape index (κ1) is 15.6. The number of hydrogen-bond donors (Lipinski definition) is 1. The molecule has 3 heterocycles. The molecule has 0 fully saturated rings. The van der Waals surface area contributed by atoms with Crippen LogP contribution in [0, 0.1) is 6.92 Å². The molecule has 0 unspecified atom stereocenters. The average molecular weight is 356 g/mol. The van der Waals surface area contributed by atoms with Crippen molar-refractivity contribution in [2.75, 3.05) is 12.1 Å². The molecule has 25 heavy (non-hydrogen) atoms. The van der Waals surface area contributed by atoms with E-state index in [1.54, 1.807) is 10.7 Å². The number of hydrogen-bond acceptors (Lipinski definition) is 6. The van der Waals surface area contributed by atoms with Crippen LogP contribution in [0.5, 0.6) is 11.5 Å². The number of aryl methyl sites for hydroxylation is 2. The number of nitrogens with one attached hydrogen (secondary N) is 1. The van der Waals surface area contributed by atoms with Crippen LogP contribution >= 0.6 is 11.3 Å². The molecular formula is C17H16N4O3S. The number of carbonyl (C=O) groups excluding carboxylic acids is 1. The van der Waals surface area contributed by atoms with E-state index in [2.05, 4.69) is 15.4 Å². The van der Waals surface area contributed by atoms with E-state index in [-0.39, 0.29) is 12.7 Å². The molecule has 4 rings (SSSR count). The van der Waals surface area contributed by atoms with Crippen LogP contribution in [-0.4, -0.2) is 27.5 Å². The van der Waals surface area contributed by atoms with Crippen molar-refractivity contribution in [2.45, 2.75) is 20.4 Å². The minimum atomic E-state index is -0.214. The first-order chi connectivity index (χ1) is 12.1. The van der Waals surface area contributed by atoms with Gasteiger partial charge in [-0.15, -0.1) is 11.3 Å². The Hall–Kier alpha value is -2.87. The third kappa shape index (κ3) is 2.96. The minimum absolute atomic E-state index is 0.214. The lowest BCUT2D eigenvalue weighted by molar-refractivity contribution is 0.101. The highest BCUT2D eigenvalue weighted by molar-refractivity contribution is 7.14. The summed E-state index contributed by atoms with van der Waals surface area (Å²) in [7, 11) is 0. The molecule has 0 bridgehead atoms. The van der Waals surface area contributed by atoms with Gasteiger partial charge in [0.2, 0.25) is 6.79 Å². The number of thiazole rings is 1. The van der Waals surface area contributed by atoms with Crippen LogP contribution in [0.25, 0.3) is 11.3 Å². The van der Waals surface area contributed by atoms with Crippen LogP contribution in [0.2, 0.25) is 0 Å². The summed E-state index contributed by atoms with van der Waals surface area (Å²) in [6.45, 7) is 4.69. The first-order valence-electron chi connectivity index (χ1n) is 7.85. The summed E-state index contributed by atoms with van der Waals surface area (Å²) >= 11 is 1.38. The van der Waals surface area contributed by atoms with E-state index < -0.39 is 0 Å². The van der Waals surface area contributed by atoms with Crippen molar-refractivity contribution in [1.29, 1.82) is 0 Å². The molecule has 1 N–H and O–H groups in total. The van der Waals surface area contributed by atoms with Gasteiger partial charge < -0.3 is 9.47 Å².